The lowest BCUT2D eigenvalue weighted by molar-refractivity contribution is -0.128. The number of hydrogen-bond acceptors (Lipinski definition) is 6. The molecular formula is C17H27N3O3. The monoisotopic (exact) mass is 321 g/mol. The number of piperidine rings is 1. The second kappa shape index (κ2) is 6.89. The van der Waals surface area contributed by atoms with Gasteiger partial charge in [-0.25, -0.2) is 0 Å². The molecule has 0 bridgehead atoms. The van der Waals surface area contributed by atoms with Gasteiger partial charge in [0.1, 0.15) is 5.76 Å². The first-order chi connectivity index (χ1) is 11.3. The molecule has 3 aliphatic heterocycles. The Hall–Kier alpha value is -0.950. The van der Waals surface area contributed by atoms with Crippen LogP contribution in [0.15, 0.2) is 10.6 Å². The highest BCUT2D eigenvalue weighted by atomic mass is 16.5. The van der Waals surface area contributed by atoms with Crippen molar-refractivity contribution in [3.63, 3.8) is 0 Å². The van der Waals surface area contributed by atoms with E-state index in [1.54, 1.807) is 0 Å². The Labute approximate surface area is 137 Å². The van der Waals surface area contributed by atoms with Gasteiger partial charge in [-0.15, -0.1) is 0 Å². The summed E-state index contributed by atoms with van der Waals surface area (Å²) in [5, 5.41) is 4.17. The minimum absolute atomic E-state index is 0.386. The number of fused-ring (bicyclic) bond motifs is 1. The Morgan fingerprint density at radius 1 is 1.22 bits per heavy atom. The van der Waals surface area contributed by atoms with Gasteiger partial charge in [0, 0.05) is 51.4 Å². The molecule has 4 heterocycles. The third kappa shape index (κ3) is 3.45. The Morgan fingerprint density at radius 2 is 2.09 bits per heavy atom. The van der Waals surface area contributed by atoms with Gasteiger partial charge in [-0.2, -0.15) is 0 Å². The molecule has 0 spiro atoms. The zero-order valence-electron chi connectivity index (χ0n) is 13.9. The van der Waals surface area contributed by atoms with E-state index in [1.807, 2.05) is 13.0 Å². The van der Waals surface area contributed by atoms with Crippen molar-refractivity contribution >= 4 is 0 Å². The van der Waals surface area contributed by atoms with Crippen molar-refractivity contribution in [1.82, 2.24) is 15.0 Å². The zero-order valence-corrected chi connectivity index (χ0v) is 13.9. The number of ether oxygens (including phenoxy) is 2. The second-order valence-electron chi connectivity index (χ2n) is 7.08. The number of aromatic nitrogens is 1. The molecule has 3 aliphatic rings. The molecule has 0 saturated carbocycles. The van der Waals surface area contributed by atoms with Crippen molar-refractivity contribution in [3.8, 4) is 0 Å². The minimum atomic E-state index is 0.386. The molecule has 0 radical (unpaired) electrons. The average Bonchev–Trinajstić information content (AvgIpc) is 3.00. The SMILES string of the molecule is Cc1cc(CN2C[C@H]3CCCO[C@H]3[C@@H](N3CCOCC3)C2)no1. The molecule has 0 aliphatic carbocycles. The lowest BCUT2D eigenvalue weighted by atomic mass is 9.84. The molecule has 3 atom stereocenters. The van der Waals surface area contributed by atoms with Crippen LogP contribution in [-0.2, 0) is 16.0 Å². The second-order valence-corrected chi connectivity index (χ2v) is 7.08. The van der Waals surface area contributed by atoms with E-state index in [1.165, 1.54) is 12.8 Å². The van der Waals surface area contributed by atoms with Gasteiger partial charge < -0.3 is 14.0 Å². The number of nitrogens with zero attached hydrogens (tertiary/aromatic N) is 3. The third-order valence-corrected chi connectivity index (χ3v) is 5.39. The van der Waals surface area contributed by atoms with Gasteiger partial charge in [-0.1, -0.05) is 5.16 Å². The fourth-order valence-electron chi connectivity index (χ4n) is 4.34. The summed E-state index contributed by atoms with van der Waals surface area (Å²) in [6, 6.07) is 2.53. The van der Waals surface area contributed by atoms with E-state index in [-0.39, 0.29) is 0 Å². The normalized spacial score (nSPS) is 33.5. The van der Waals surface area contributed by atoms with Crippen LogP contribution >= 0.6 is 0 Å². The van der Waals surface area contributed by atoms with Gasteiger partial charge >= 0.3 is 0 Å². The summed E-state index contributed by atoms with van der Waals surface area (Å²) in [6.45, 7) is 9.64. The highest BCUT2D eigenvalue weighted by Crippen LogP contribution is 2.32. The molecule has 0 amide bonds. The number of morpholine rings is 1. The first-order valence-corrected chi connectivity index (χ1v) is 8.87. The molecule has 4 rings (SSSR count). The zero-order chi connectivity index (χ0) is 15.6. The smallest absolute Gasteiger partial charge is 0.133 e. The summed E-state index contributed by atoms with van der Waals surface area (Å²) in [5.74, 6) is 1.53. The van der Waals surface area contributed by atoms with E-state index in [2.05, 4.69) is 15.0 Å². The van der Waals surface area contributed by atoms with Gasteiger partial charge in [-0.05, 0) is 25.7 Å². The summed E-state index contributed by atoms with van der Waals surface area (Å²) in [4.78, 5) is 5.11. The molecule has 6 nitrogen and oxygen atoms in total. The summed E-state index contributed by atoms with van der Waals surface area (Å²) in [5.41, 5.74) is 1.04. The van der Waals surface area contributed by atoms with E-state index >= 15 is 0 Å². The Kier molecular flexibility index (Phi) is 4.66. The third-order valence-electron chi connectivity index (χ3n) is 5.39. The molecule has 128 valence electrons. The van der Waals surface area contributed by atoms with Gasteiger partial charge in [-0.3, -0.25) is 9.80 Å². The van der Waals surface area contributed by atoms with Crippen LogP contribution in [0.1, 0.15) is 24.3 Å². The van der Waals surface area contributed by atoms with E-state index in [9.17, 15) is 0 Å². The van der Waals surface area contributed by atoms with Crippen LogP contribution in [0.2, 0.25) is 0 Å². The molecule has 23 heavy (non-hydrogen) atoms. The maximum Gasteiger partial charge on any atom is 0.133 e. The van der Waals surface area contributed by atoms with Crippen LogP contribution < -0.4 is 0 Å². The van der Waals surface area contributed by atoms with E-state index in [4.69, 9.17) is 14.0 Å². The molecular weight excluding hydrogens is 294 g/mol. The lowest BCUT2D eigenvalue weighted by Crippen LogP contribution is -2.62. The summed E-state index contributed by atoms with van der Waals surface area (Å²) in [7, 11) is 0. The largest absolute Gasteiger partial charge is 0.379 e. The van der Waals surface area contributed by atoms with Gasteiger partial charge in [0.25, 0.3) is 0 Å². The Balaban J connectivity index is 1.48. The molecule has 0 unspecified atom stereocenters. The maximum atomic E-state index is 6.21. The summed E-state index contributed by atoms with van der Waals surface area (Å²) < 4.78 is 17.0. The van der Waals surface area contributed by atoms with Gasteiger partial charge in [0.2, 0.25) is 0 Å². The van der Waals surface area contributed by atoms with E-state index < -0.39 is 0 Å². The number of likely N-dealkylation sites (tertiary alicyclic amines) is 1. The Morgan fingerprint density at radius 3 is 2.87 bits per heavy atom. The summed E-state index contributed by atoms with van der Waals surface area (Å²) >= 11 is 0. The van der Waals surface area contributed by atoms with Crippen molar-refractivity contribution in [3.05, 3.63) is 17.5 Å². The summed E-state index contributed by atoms with van der Waals surface area (Å²) in [6.07, 6.45) is 2.85. The molecule has 1 aromatic heterocycles. The van der Waals surface area contributed by atoms with Crippen molar-refractivity contribution in [1.29, 1.82) is 0 Å². The van der Waals surface area contributed by atoms with Crippen LogP contribution in [0.5, 0.6) is 0 Å². The van der Waals surface area contributed by atoms with Crippen LogP contribution in [0, 0.1) is 12.8 Å². The minimum Gasteiger partial charge on any atom is -0.379 e. The quantitative estimate of drug-likeness (QED) is 0.836. The number of rotatable bonds is 3. The van der Waals surface area contributed by atoms with Crippen LogP contribution in [0.4, 0.5) is 0 Å². The Bertz CT molecular complexity index is 515. The van der Waals surface area contributed by atoms with Gasteiger partial charge in [0.15, 0.2) is 0 Å². The first kappa shape index (κ1) is 15.6. The fourth-order valence-corrected chi connectivity index (χ4v) is 4.34. The predicted octanol–water partition coefficient (Wildman–Crippen LogP) is 1.29. The fraction of sp³-hybridized carbons (Fsp3) is 0.824. The van der Waals surface area contributed by atoms with E-state index in [0.717, 1.165) is 64.0 Å². The maximum absolute atomic E-state index is 6.21. The van der Waals surface area contributed by atoms with Gasteiger partial charge in [0.05, 0.1) is 25.0 Å². The van der Waals surface area contributed by atoms with Crippen molar-refractivity contribution < 1.29 is 14.0 Å². The van der Waals surface area contributed by atoms with Crippen LogP contribution in [-0.4, -0.2) is 73.1 Å². The standard InChI is InChI=1S/C17H27N3O3/c1-13-9-15(18-23-13)11-19-10-14-3-2-6-22-17(14)16(12-19)20-4-7-21-8-5-20/h9,14,16-17H,2-8,10-12H2,1H3/t14-,16+,17-/m1/s1. The van der Waals surface area contributed by atoms with Crippen LogP contribution in [0.25, 0.3) is 0 Å². The average molecular weight is 321 g/mol. The first-order valence-electron chi connectivity index (χ1n) is 8.87. The highest BCUT2D eigenvalue weighted by Gasteiger charge is 2.42. The van der Waals surface area contributed by atoms with Crippen molar-refractivity contribution in [2.45, 2.75) is 38.5 Å². The topological polar surface area (TPSA) is 51.0 Å². The predicted molar refractivity (Wildman–Crippen MR) is 85.2 cm³/mol. The van der Waals surface area contributed by atoms with Crippen molar-refractivity contribution in [2.75, 3.05) is 46.0 Å². The highest BCUT2D eigenvalue weighted by molar-refractivity contribution is 5.05. The molecule has 0 N–H and O–H groups in total. The molecule has 3 fully saturated rings. The molecule has 1 aromatic rings. The van der Waals surface area contributed by atoms with E-state index in [0.29, 0.717) is 18.1 Å². The molecule has 6 heteroatoms. The van der Waals surface area contributed by atoms with Crippen LogP contribution in [0.3, 0.4) is 0 Å². The number of aryl methyl sites for hydroxylation is 1. The number of hydrogen-bond donors (Lipinski definition) is 0. The molecule has 0 aromatic carbocycles. The molecule has 3 saturated heterocycles. The van der Waals surface area contributed by atoms with Crippen molar-refractivity contribution in [2.24, 2.45) is 5.92 Å². The lowest BCUT2D eigenvalue weighted by Gasteiger charge is -2.50.